The van der Waals surface area contributed by atoms with Crippen molar-refractivity contribution in [2.24, 2.45) is 0 Å². The first-order valence-electron chi connectivity index (χ1n) is 6.81. The zero-order valence-electron chi connectivity index (χ0n) is 12.6. The van der Waals surface area contributed by atoms with Crippen LogP contribution in [0.4, 0.5) is 12.9 Å². The molecule has 0 heterocycles. The first-order valence-corrected chi connectivity index (χ1v) is 8.77. The van der Waals surface area contributed by atoms with E-state index in [1.165, 1.54) is 18.4 Å². The third kappa shape index (κ3) is 5.83. The molecule has 1 aromatic rings. The molecule has 2 atom stereocenters. The van der Waals surface area contributed by atoms with Crippen LogP contribution in [0.1, 0.15) is 25.7 Å². The van der Waals surface area contributed by atoms with Crippen LogP contribution in [0, 0.1) is 0 Å². The largest absolute Gasteiger partial charge is 1.00 e. The Morgan fingerprint density at radius 1 is 1.23 bits per heavy atom. The van der Waals surface area contributed by atoms with E-state index >= 15 is 0 Å². The van der Waals surface area contributed by atoms with Crippen molar-refractivity contribution in [1.82, 2.24) is 0 Å². The first-order chi connectivity index (χ1) is 9.66. The van der Waals surface area contributed by atoms with E-state index < -0.39 is 27.5 Å². The second-order valence-corrected chi connectivity index (χ2v) is 7.83. The number of rotatable bonds is 4. The molecule has 0 bridgehead atoms. The van der Waals surface area contributed by atoms with Crippen molar-refractivity contribution in [1.29, 1.82) is 0 Å². The quantitative estimate of drug-likeness (QED) is 0.679. The molecule has 0 N–H and O–H groups in total. The Morgan fingerprint density at radius 3 is 2.50 bits per heavy atom. The summed E-state index contributed by atoms with van der Waals surface area (Å²) in [6.07, 6.45) is 3.12. The minimum atomic E-state index is -5.06. The number of hydrogen-bond acceptors (Lipinski definition) is 3. The van der Waals surface area contributed by atoms with E-state index in [-0.39, 0.29) is 63.2 Å². The molecule has 118 valence electrons. The monoisotopic (exact) mass is 360 g/mol. The minimum Gasteiger partial charge on any atom is -0.491 e. The third-order valence-corrected chi connectivity index (χ3v) is 5.36. The summed E-state index contributed by atoms with van der Waals surface area (Å²) in [6.45, 7) is -5.06. The summed E-state index contributed by atoms with van der Waals surface area (Å²) in [5, 5.41) is -0.466. The molecular formula is C13H17BF3KO3S. The molecule has 1 aromatic carbocycles. The SMILES string of the molecule is CS(=O)(=O)C1CCCC(Oc2cccc([B-](F)(F)F)c2)C1.[K+]. The van der Waals surface area contributed by atoms with E-state index in [0.717, 1.165) is 12.1 Å². The smallest absolute Gasteiger partial charge is 0.491 e. The van der Waals surface area contributed by atoms with Gasteiger partial charge in [-0.3, -0.25) is 0 Å². The Balaban J connectivity index is 0.00000242. The zero-order valence-corrected chi connectivity index (χ0v) is 16.6. The van der Waals surface area contributed by atoms with Gasteiger partial charge in [-0.25, -0.2) is 8.42 Å². The predicted octanol–water partition coefficient (Wildman–Crippen LogP) is -0.520. The van der Waals surface area contributed by atoms with Crippen LogP contribution in [0.2, 0.25) is 0 Å². The molecule has 1 aliphatic rings. The standard InChI is InChI=1S/C13H17BF3O3S.K/c1-21(18,19)13-7-3-6-12(9-13)20-11-5-2-4-10(8-11)14(15,16)17;/h2,4-5,8,12-13H,3,6-7,9H2,1H3;/q-1;+1. The summed E-state index contributed by atoms with van der Waals surface area (Å²) in [5.41, 5.74) is -0.706. The van der Waals surface area contributed by atoms with Gasteiger partial charge in [0, 0.05) is 12.7 Å². The van der Waals surface area contributed by atoms with Crippen molar-refractivity contribution in [3.8, 4) is 5.75 Å². The second kappa shape index (κ2) is 8.02. The molecule has 3 nitrogen and oxygen atoms in total. The van der Waals surface area contributed by atoms with Gasteiger partial charge in [0.15, 0.2) is 0 Å². The topological polar surface area (TPSA) is 43.4 Å². The molecule has 0 radical (unpaired) electrons. The molecule has 1 saturated carbocycles. The summed E-state index contributed by atoms with van der Waals surface area (Å²) >= 11 is 0. The molecule has 2 unspecified atom stereocenters. The van der Waals surface area contributed by atoms with Crippen molar-refractivity contribution >= 4 is 22.3 Å². The summed E-state index contributed by atoms with van der Waals surface area (Å²) in [7, 11) is -3.14. The van der Waals surface area contributed by atoms with Crippen molar-refractivity contribution < 1.29 is 77.5 Å². The van der Waals surface area contributed by atoms with Crippen LogP contribution < -0.4 is 61.6 Å². The van der Waals surface area contributed by atoms with Gasteiger partial charge >= 0.3 is 58.4 Å². The van der Waals surface area contributed by atoms with Gasteiger partial charge in [-0.15, -0.1) is 5.46 Å². The van der Waals surface area contributed by atoms with Gasteiger partial charge in [-0.1, -0.05) is 12.1 Å². The van der Waals surface area contributed by atoms with E-state index in [2.05, 4.69) is 0 Å². The molecular weight excluding hydrogens is 343 g/mol. The summed E-state index contributed by atoms with van der Waals surface area (Å²) in [5.74, 6) is 0.144. The average molecular weight is 360 g/mol. The Labute approximate surface area is 171 Å². The molecule has 1 aliphatic carbocycles. The fourth-order valence-corrected chi connectivity index (χ4v) is 3.74. The number of hydrogen-bond donors (Lipinski definition) is 0. The Hall–Kier alpha value is 0.461. The van der Waals surface area contributed by atoms with E-state index in [1.807, 2.05) is 0 Å². The van der Waals surface area contributed by atoms with Crippen LogP contribution >= 0.6 is 0 Å². The Kier molecular flexibility index (Phi) is 7.48. The van der Waals surface area contributed by atoms with Gasteiger partial charge in [-0.2, -0.15) is 0 Å². The number of halogens is 3. The van der Waals surface area contributed by atoms with E-state index in [0.29, 0.717) is 25.7 Å². The predicted molar refractivity (Wildman–Crippen MR) is 76.7 cm³/mol. The van der Waals surface area contributed by atoms with Gasteiger partial charge in [0.25, 0.3) is 0 Å². The van der Waals surface area contributed by atoms with Crippen molar-refractivity contribution in [3.05, 3.63) is 24.3 Å². The summed E-state index contributed by atoms with van der Waals surface area (Å²) < 4.78 is 66.8. The first kappa shape index (κ1) is 20.5. The van der Waals surface area contributed by atoms with Crippen LogP contribution in [-0.2, 0) is 9.84 Å². The van der Waals surface area contributed by atoms with Gasteiger partial charge in [0.1, 0.15) is 15.6 Å². The second-order valence-electron chi connectivity index (χ2n) is 5.51. The maximum Gasteiger partial charge on any atom is 1.00 e. The molecule has 9 heteroatoms. The molecule has 0 aliphatic heterocycles. The van der Waals surface area contributed by atoms with Crippen molar-refractivity contribution in [3.63, 3.8) is 0 Å². The van der Waals surface area contributed by atoms with E-state index in [4.69, 9.17) is 4.74 Å². The van der Waals surface area contributed by atoms with Crippen molar-refractivity contribution in [2.45, 2.75) is 37.0 Å². The fourth-order valence-electron chi connectivity index (χ4n) is 2.58. The average Bonchev–Trinajstić information content (AvgIpc) is 2.37. The molecule has 22 heavy (non-hydrogen) atoms. The maximum atomic E-state index is 12.7. The van der Waals surface area contributed by atoms with Crippen LogP contribution in [0.5, 0.6) is 5.75 Å². The molecule has 0 saturated heterocycles. The van der Waals surface area contributed by atoms with Gasteiger partial charge in [0.05, 0.1) is 11.4 Å². The molecule has 1 fully saturated rings. The third-order valence-electron chi connectivity index (χ3n) is 3.72. The molecule has 0 aromatic heterocycles. The Morgan fingerprint density at radius 2 is 1.91 bits per heavy atom. The maximum absolute atomic E-state index is 12.7. The molecule has 0 spiro atoms. The summed E-state index contributed by atoms with van der Waals surface area (Å²) in [4.78, 5) is 0. The van der Waals surface area contributed by atoms with Crippen LogP contribution in [-0.4, -0.2) is 33.0 Å². The van der Waals surface area contributed by atoms with Gasteiger partial charge in [-0.05, 0) is 31.4 Å². The Bertz CT molecular complexity index is 607. The van der Waals surface area contributed by atoms with Crippen LogP contribution in [0.3, 0.4) is 0 Å². The molecule has 0 amide bonds. The van der Waals surface area contributed by atoms with Gasteiger partial charge < -0.3 is 17.7 Å². The normalized spacial score (nSPS) is 22.7. The van der Waals surface area contributed by atoms with E-state index in [9.17, 15) is 21.4 Å². The molecule has 2 rings (SSSR count). The number of sulfone groups is 1. The number of benzene rings is 1. The van der Waals surface area contributed by atoms with Crippen LogP contribution in [0.15, 0.2) is 24.3 Å². The summed E-state index contributed by atoms with van der Waals surface area (Å²) in [6, 6.07) is 4.75. The fraction of sp³-hybridized carbons (Fsp3) is 0.538. The van der Waals surface area contributed by atoms with E-state index in [1.54, 1.807) is 0 Å². The zero-order chi connectivity index (χ0) is 15.7. The minimum absolute atomic E-state index is 0. The van der Waals surface area contributed by atoms with Crippen LogP contribution in [0.25, 0.3) is 0 Å². The number of ether oxygens (including phenoxy) is 1. The van der Waals surface area contributed by atoms with Gasteiger partial charge in [0.2, 0.25) is 0 Å². The van der Waals surface area contributed by atoms with Crippen molar-refractivity contribution in [2.75, 3.05) is 6.26 Å².